The number of carbonyl (C=O) groups excluding carboxylic acids is 1. The molecule has 1 N–H and O–H groups in total. The van der Waals surface area contributed by atoms with E-state index in [1.165, 1.54) is 5.56 Å². The third-order valence-electron chi connectivity index (χ3n) is 4.73. The van der Waals surface area contributed by atoms with Gasteiger partial charge in [0.2, 0.25) is 5.91 Å². The lowest BCUT2D eigenvalue weighted by molar-refractivity contribution is -0.125. The first-order valence-electron chi connectivity index (χ1n) is 8.84. The Morgan fingerprint density at radius 3 is 2.81 bits per heavy atom. The highest BCUT2D eigenvalue weighted by molar-refractivity contribution is 7.22. The van der Waals surface area contributed by atoms with E-state index >= 15 is 0 Å². The number of thiazole rings is 1. The molecule has 0 atom stereocenters. The molecule has 1 aliphatic heterocycles. The third kappa shape index (κ3) is 4.01. The number of benzene rings is 2. The Hall–Kier alpha value is -2.31. The van der Waals surface area contributed by atoms with Gasteiger partial charge in [0.1, 0.15) is 5.75 Å². The van der Waals surface area contributed by atoms with Crippen LogP contribution in [-0.4, -0.2) is 37.6 Å². The number of aromatic nitrogens is 1. The lowest BCUT2D eigenvalue weighted by Crippen LogP contribution is -2.54. The first kappa shape index (κ1) is 18.1. The average molecular weight is 402 g/mol. The van der Waals surface area contributed by atoms with Crippen molar-refractivity contribution in [1.29, 1.82) is 0 Å². The third-order valence-corrected chi connectivity index (χ3v) is 6.06. The lowest BCUT2D eigenvalue weighted by Gasteiger charge is -2.37. The van der Waals surface area contributed by atoms with Crippen molar-refractivity contribution in [3.8, 4) is 5.75 Å². The number of nitrogens with zero attached hydrogens (tertiary/aromatic N) is 2. The van der Waals surface area contributed by atoms with E-state index in [0.29, 0.717) is 19.6 Å². The average Bonchev–Trinajstić information content (AvgIpc) is 3.04. The van der Waals surface area contributed by atoms with Gasteiger partial charge in [0.25, 0.3) is 0 Å². The highest BCUT2D eigenvalue weighted by atomic mass is 35.5. The Morgan fingerprint density at radius 1 is 1.30 bits per heavy atom. The normalized spacial score (nSPS) is 14.2. The number of anilines is 1. The Bertz CT molecular complexity index is 952. The summed E-state index contributed by atoms with van der Waals surface area (Å²) < 4.78 is 6.36. The molecule has 1 amide bonds. The van der Waals surface area contributed by atoms with Crippen molar-refractivity contribution < 1.29 is 9.53 Å². The number of carbonyl (C=O) groups is 1. The van der Waals surface area contributed by atoms with Crippen molar-refractivity contribution in [3.63, 3.8) is 0 Å². The molecule has 1 aliphatic rings. The van der Waals surface area contributed by atoms with Gasteiger partial charge in [-0.3, -0.25) is 4.79 Å². The van der Waals surface area contributed by atoms with Gasteiger partial charge in [-0.2, -0.15) is 0 Å². The molecule has 0 radical (unpaired) electrons. The molecule has 7 heteroatoms. The van der Waals surface area contributed by atoms with Gasteiger partial charge in [-0.15, -0.1) is 0 Å². The molecule has 1 fully saturated rings. The highest BCUT2D eigenvalue weighted by Gasteiger charge is 2.34. The molecule has 3 aromatic rings. The van der Waals surface area contributed by atoms with Crippen LogP contribution in [-0.2, 0) is 11.2 Å². The summed E-state index contributed by atoms with van der Waals surface area (Å²) in [5.41, 5.74) is 2.13. The van der Waals surface area contributed by atoms with Gasteiger partial charge in [0.15, 0.2) is 5.13 Å². The molecule has 140 valence electrons. The van der Waals surface area contributed by atoms with Gasteiger partial charge in [-0.05, 0) is 42.3 Å². The Balaban J connectivity index is 1.27. The minimum Gasteiger partial charge on any atom is -0.497 e. The smallest absolute Gasteiger partial charge is 0.226 e. The van der Waals surface area contributed by atoms with Crippen molar-refractivity contribution in [2.45, 2.75) is 6.42 Å². The maximum Gasteiger partial charge on any atom is 0.226 e. The van der Waals surface area contributed by atoms with E-state index in [9.17, 15) is 4.79 Å². The SMILES string of the molecule is COc1ccc2nc(N3CC(C(=O)NCCc4ccc(Cl)cc4)C3)sc2c1. The summed E-state index contributed by atoms with van der Waals surface area (Å²) in [5, 5.41) is 4.72. The first-order chi connectivity index (χ1) is 13.1. The Kier molecular flexibility index (Phi) is 5.18. The van der Waals surface area contributed by atoms with E-state index in [1.54, 1.807) is 18.4 Å². The zero-order valence-corrected chi connectivity index (χ0v) is 16.5. The minimum absolute atomic E-state index is 0.0248. The Morgan fingerprint density at radius 2 is 2.07 bits per heavy atom. The monoisotopic (exact) mass is 401 g/mol. The fourth-order valence-corrected chi connectivity index (χ4v) is 4.22. The second-order valence-corrected chi connectivity index (χ2v) is 8.05. The van der Waals surface area contributed by atoms with Gasteiger partial charge in [0.05, 0.1) is 23.2 Å². The molecular formula is C20H20ClN3O2S. The Labute approximate surface area is 166 Å². The summed E-state index contributed by atoms with van der Waals surface area (Å²) >= 11 is 7.52. The van der Waals surface area contributed by atoms with Crippen LogP contribution in [0.2, 0.25) is 5.02 Å². The molecule has 2 heterocycles. The number of nitrogens with one attached hydrogen (secondary N) is 1. The molecule has 2 aromatic carbocycles. The highest BCUT2D eigenvalue weighted by Crippen LogP contribution is 2.34. The standard InChI is InChI=1S/C20H20ClN3O2S/c1-26-16-6-7-17-18(10-16)27-20(23-17)24-11-14(12-24)19(25)22-9-8-13-2-4-15(21)5-3-13/h2-7,10,14H,8-9,11-12H2,1H3,(H,22,25). The topological polar surface area (TPSA) is 54.5 Å². The molecule has 0 bridgehead atoms. The number of halogens is 1. The molecule has 0 spiro atoms. The predicted octanol–water partition coefficient (Wildman–Crippen LogP) is 3.75. The fourth-order valence-electron chi connectivity index (χ4n) is 3.08. The summed E-state index contributed by atoms with van der Waals surface area (Å²) in [6.07, 6.45) is 0.805. The number of methoxy groups -OCH3 is 1. The fraction of sp³-hybridized carbons (Fsp3) is 0.300. The molecule has 1 saturated heterocycles. The summed E-state index contributed by atoms with van der Waals surface area (Å²) in [4.78, 5) is 19.1. The molecule has 0 saturated carbocycles. The van der Waals surface area contributed by atoms with E-state index in [4.69, 9.17) is 16.3 Å². The van der Waals surface area contributed by atoms with Crippen LogP contribution >= 0.6 is 22.9 Å². The molecular weight excluding hydrogens is 382 g/mol. The van der Waals surface area contributed by atoms with E-state index < -0.39 is 0 Å². The van der Waals surface area contributed by atoms with E-state index in [0.717, 1.165) is 32.5 Å². The molecule has 4 rings (SSSR count). The largest absolute Gasteiger partial charge is 0.497 e. The zero-order chi connectivity index (χ0) is 18.8. The van der Waals surface area contributed by atoms with Crippen molar-refractivity contribution in [3.05, 3.63) is 53.1 Å². The first-order valence-corrected chi connectivity index (χ1v) is 10.0. The van der Waals surface area contributed by atoms with Crippen molar-refractivity contribution in [2.75, 3.05) is 31.6 Å². The number of hydrogen-bond donors (Lipinski definition) is 1. The van der Waals surface area contributed by atoms with Crippen LogP contribution in [0.1, 0.15) is 5.56 Å². The summed E-state index contributed by atoms with van der Waals surface area (Å²) in [6.45, 7) is 2.06. The summed E-state index contributed by atoms with van der Waals surface area (Å²) in [7, 11) is 1.66. The van der Waals surface area contributed by atoms with Crippen LogP contribution in [0, 0.1) is 5.92 Å². The quantitative estimate of drug-likeness (QED) is 0.683. The van der Waals surface area contributed by atoms with Crippen LogP contribution in [0.3, 0.4) is 0 Å². The summed E-state index contributed by atoms with van der Waals surface area (Å²) in [6, 6.07) is 13.6. The molecule has 27 heavy (non-hydrogen) atoms. The number of rotatable bonds is 6. The number of fused-ring (bicyclic) bond motifs is 1. The van der Waals surface area contributed by atoms with Crippen molar-refractivity contribution in [2.24, 2.45) is 5.92 Å². The second kappa shape index (κ2) is 7.74. The lowest BCUT2D eigenvalue weighted by atomic mass is 10.00. The van der Waals surface area contributed by atoms with Gasteiger partial charge < -0.3 is 15.0 Å². The van der Waals surface area contributed by atoms with Gasteiger partial charge in [0, 0.05) is 24.7 Å². The van der Waals surface area contributed by atoms with Gasteiger partial charge in [-0.25, -0.2) is 4.98 Å². The van der Waals surface area contributed by atoms with Crippen LogP contribution < -0.4 is 15.0 Å². The van der Waals surface area contributed by atoms with Crippen LogP contribution in [0.25, 0.3) is 10.2 Å². The van der Waals surface area contributed by atoms with Crippen molar-refractivity contribution in [1.82, 2.24) is 10.3 Å². The number of ether oxygens (including phenoxy) is 1. The predicted molar refractivity (Wildman–Crippen MR) is 110 cm³/mol. The van der Waals surface area contributed by atoms with E-state index in [1.807, 2.05) is 42.5 Å². The molecule has 0 aliphatic carbocycles. The molecule has 1 aromatic heterocycles. The van der Waals surface area contributed by atoms with Crippen LogP contribution in [0.4, 0.5) is 5.13 Å². The maximum absolute atomic E-state index is 12.3. The number of hydrogen-bond acceptors (Lipinski definition) is 5. The maximum atomic E-state index is 12.3. The number of amides is 1. The van der Waals surface area contributed by atoms with Crippen LogP contribution in [0.15, 0.2) is 42.5 Å². The zero-order valence-electron chi connectivity index (χ0n) is 14.9. The van der Waals surface area contributed by atoms with Gasteiger partial charge >= 0.3 is 0 Å². The van der Waals surface area contributed by atoms with Crippen LogP contribution in [0.5, 0.6) is 5.75 Å². The van der Waals surface area contributed by atoms with E-state index in [-0.39, 0.29) is 11.8 Å². The summed E-state index contributed by atoms with van der Waals surface area (Å²) in [5.74, 6) is 0.971. The van der Waals surface area contributed by atoms with Crippen molar-refractivity contribution >= 4 is 44.2 Å². The van der Waals surface area contributed by atoms with E-state index in [2.05, 4.69) is 15.2 Å². The molecule has 0 unspecified atom stereocenters. The minimum atomic E-state index is 0.0248. The second-order valence-electron chi connectivity index (χ2n) is 6.60. The van der Waals surface area contributed by atoms with Gasteiger partial charge in [-0.1, -0.05) is 35.1 Å². The molecule has 5 nitrogen and oxygen atoms in total.